The lowest BCUT2D eigenvalue weighted by molar-refractivity contribution is -0.00929. The minimum absolute atomic E-state index is 0.0369. The summed E-state index contributed by atoms with van der Waals surface area (Å²) in [7, 11) is 5.04. The molecule has 6 rings (SSSR count). The molecule has 0 amide bonds. The number of nitriles is 2. The molecule has 6 aromatic carbocycles. The number of methoxy groups -OCH3 is 5. The van der Waals surface area contributed by atoms with Crippen LogP contribution >= 0.6 is 0 Å². The monoisotopic (exact) mass is 1040 g/mol. The Balaban J connectivity index is 1.40. The Morgan fingerprint density at radius 1 is 0.453 bits per heavy atom. The zero-order chi connectivity index (χ0) is 53.6. The maximum atomic E-state index is 10.4. The quantitative estimate of drug-likeness (QED) is 0.0256. The van der Waals surface area contributed by atoms with Crippen molar-refractivity contribution in [2.45, 2.75) is 51.7 Å². The third-order valence-corrected chi connectivity index (χ3v) is 17.5. The molecule has 0 spiro atoms. The van der Waals surface area contributed by atoms with Crippen molar-refractivity contribution in [2.24, 2.45) is 0 Å². The number of phenols is 1. The Labute approximate surface area is 442 Å². The summed E-state index contributed by atoms with van der Waals surface area (Å²) in [6.45, 7) is 7.87. The molecule has 0 fully saturated rings. The smallest absolute Gasteiger partial charge is 0.261 e. The molecule has 0 aromatic heterocycles. The normalized spacial score (nSPS) is 11.3. The number of rotatable bonds is 30. The van der Waals surface area contributed by atoms with Gasteiger partial charge in [-0.1, -0.05) is 81.4 Å². The van der Waals surface area contributed by atoms with Gasteiger partial charge in [0.25, 0.3) is 8.32 Å². The third kappa shape index (κ3) is 14.9. The standard InChI is InChI=1S/C59H68N2O13Si/c1-59(2,3)75(50-15-11-9-12-16-50,51-17-13-10-14-18-51)74-39-48-38-55(67-8)45(37-58(48)73-41-69-28-26-64-5)30-46-33-53(65-6)44(35-56(46)71-24-22-61)31-47-34-54(66-7)43(36-57(47)72-40-68-27-25-63-4)29-42-32-49(62)19-20-52(42)70-23-21-60/h9-20,32-38,62H,23-31,39-41H2,1-8H3. The first kappa shape index (κ1) is 57.0. The molecule has 15 nitrogen and oxygen atoms in total. The SMILES string of the molecule is COCCOCOc1cc(Cc2cc(OC)c(Cc3cc(OC)c(Cc4cc(O)ccc4OCC#N)cc3OCOCCOC)cc2OCC#N)c(OC)cc1CO[Si](c1ccccc1)(c1ccccc1)C(C)(C)C. The molecular formula is C59H68N2O13Si. The number of ether oxygens (including phenoxy) is 11. The van der Waals surface area contributed by atoms with Gasteiger partial charge in [0.15, 0.2) is 26.8 Å². The van der Waals surface area contributed by atoms with Gasteiger partial charge >= 0.3 is 0 Å². The summed E-state index contributed by atoms with van der Waals surface area (Å²) in [4.78, 5) is 0. The van der Waals surface area contributed by atoms with Crippen molar-refractivity contribution >= 4 is 18.7 Å². The van der Waals surface area contributed by atoms with E-state index in [1.807, 2.05) is 54.6 Å². The number of phenolic OH excluding ortho intramolecular Hbond substituents is 1. The average molecular weight is 1040 g/mol. The van der Waals surface area contributed by atoms with Crippen molar-refractivity contribution in [3.63, 3.8) is 0 Å². The first-order chi connectivity index (χ1) is 36.4. The predicted molar refractivity (Wildman–Crippen MR) is 287 cm³/mol. The van der Waals surface area contributed by atoms with E-state index in [1.54, 1.807) is 47.7 Å². The highest BCUT2D eigenvalue weighted by Gasteiger charge is 2.50. The Morgan fingerprint density at radius 2 is 0.840 bits per heavy atom. The summed E-state index contributed by atoms with van der Waals surface area (Å²) in [5.74, 6) is 3.68. The maximum absolute atomic E-state index is 10.4. The molecule has 16 heteroatoms. The topological polar surface area (TPSA) is 179 Å². The lowest BCUT2D eigenvalue weighted by Gasteiger charge is -2.43. The number of hydrogen-bond donors (Lipinski definition) is 1. The van der Waals surface area contributed by atoms with Crippen LogP contribution in [0.4, 0.5) is 0 Å². The number of aromatic hydroxyl groups is 1. The summed E-state index contributed by atoms with van der Waals surface area (Å²) >= 11 is 0. The molecule has 0 aliphatic rings. The van der Waals surface area contributed by atoms with Crippen molar-refractivity contribution in [2.75, 3.05) is 88.8 Å². The molecule has 0 atom stereocenters. The Hall–Kier alpha value is -7.28. The van der Waals surface area contributed by atoms with E-state index >= 15 is 0 Å². The highest BCUT2D eigenvalue weighted by Crippen LogP contribution is 2.42. The molecule has 0 unspecified atom stereocenters. The van der Waals surface area contributed by atoms with Crippen LogP contribution in [0.5, 0.6) is 46.0 Å². The van der Waals surface area contributed by atoms with Gasteiger partial charge in [-0.2, -0.15) is 10.5 Å². The minimum atomic E-state index is -2.97. The van der Waals surface area contributed by atoms with Gasteiger partial charge in [0.2, 0.25) is 0 Å². The number of benzene rings is 6. The van der Waals surface area contributed by atoms with Gasteiger partial charge in [-0.25, -0.2) is 0 Å². The fraction of sp³-hybridized carbons (Fsp3) is 0.356. The van der Waals surface area contributed by atoms with Gasteiger partial charge in [0.05, 0.1) is 54.4 Å². The molecule has 0 saturated heterocycles. The summed E-state index contributed by atoms with van der Waals surface area (Å²) in [6, 6.07) is 41.2. The van der Waals surface area contributed by atoms with Gasteiger partial charge in [-0.3, -0.25) is 0 Å². The summed E-state index contributed by atoms with van der Waals surface area (Å²) in [5, 5.41) is 31.4. The van der Waals surface area contributed by atoms with Gasteiger partial charge in [0.1, 0.15) is 58.1 Å². The molecule has 0 radical (unpaired) electrons. The highest BCUT2D eigenvalue weighted by molar-refractivity contribution is 6.99. The average Bonchev–Trinajstić information content (AvgIpc) is 3.41. The van der Waals surface area contributed by atoms with E-state index in [2.05, 4.69) is 75.4 Å². The van der Waals surface area contributed by atoms with Crippen molar-refractivity contribution in [1.82, 2.24) is 0 Å². The van der Waals surface area contributed by atoms with Gasteiger partial charge in [-0.15, -0.1) is 0 Å². The molecule has 396 valence electrons. The highest BCUT2D eigenvalue weighted by atomic mass is 28.4. The van der Waals surface area contributed by atoms with E-state index < -0.39 is 8.32 Å². The van der Waals surface area contributed by atoms with Crippen molar-refractivity contribution < 1.29 is 61.6 Å². The van der Waals surface area contributed by atoms with Crippen LogP contribution in [0.15, 0.2) is 115 Å². The second-order valence-electron chi connectivity index (χ2n) is 18.3. The Kier molecular flexibility index (Phi) is 21.6. The lowest BCUT2D eigenvalue weighted by atomic mass is 9.95. The van der Waals surface area contributed by atoms with Crippen LogP contribution in [0, 0.1) is 22.7 Å². The molecule has 0 heterocycles. The fourth-order valence-electron chi connectivity index (χ4n) is 8.95. The van der Waals surface area contributed by atoms with Crippen molar-refractivity contribution in [3.8, 4) is 58.1 Å². The van der Waals surface area contributed by atoms with E-state index in [-0.39, 0.29) is 57.0 Å². The van der Waals surface area contributed by atoms with Crippen LogP contribution in [-0.2, 0) is 49.2 Å². The van der Waals surface area contributed by atoms with Crippen LogP contribution in [-0.4, -0.2) is 102 Å². The van der Waals surface area contributed by atoms with Gasteiger partial charge < -0.3 is 61.6 Å². The van der Waals surface area contributed by atoms with Crippen molar-refractivity contribution in [1.29, 1.82) is 10.5 Å². The molecular weight excluding hydrogens is 973 g/mol. The van der Waals surface area contributed by atoms with Crippen LogP contribution < -0.4 is 43.5 Å². The maximum Gasteiger partial charge on any atom is 0.261 e. The Morgan fingerprint density at radius 3 is 1.27 bits per heavy atom. The van der Waals surface area contributed by atoms with Crippen LogP contribution in [0.3, 0.4) is 0 Å². The van der Waals surface area contributed by atoms with Gasteiger partial charge in [0, 0.05) is 72.4 Å². The zero-order valence-electron chi connectivity index (χ0n) is 44.2. The molecule has 6 aromatic rings. The first-order valence-corrected chi connectivity index (χ1v) is 26.4. The summed E-state index contributed by atoms with van der Waals surface area (Å²) in [5.41, 5.74) is 5.08. The molecule has 0 aliphatic heterocycles. The molecule has 1 N–H and O–H groups in total. The molecule has 75 heavy (non-hydrogen) atoms. The zero-order valence-corrected chi connectivity index (χ0v) is 45.2. The molecule has 0 bridgehead atoms. The Bertz CT molecular complexity index is 2810. The first-order valence-electron chi connectivity index (χ1n) is 24.5. The van der Waals surface area contributed by atoms with E-state index in [9.17, 15) is 15.6 Å². The second kappa shape index (κ2) is 28.4. The minimum Gasteiger partial charge on any atom is -0.508 e. The van der Waals surface area contributed by atoms with Crippen LogP contribution in [0.25, 0.3) is 0 Å². The molecule has 0 aliphatic carbocycles. The number of nitrogens with zero attached hydrogens (tertiary/aromatic N) is 2. The van der Waals surface area contributed by atoms with E-state index in [4.69, 9.17) is 56.5 Å². The number of hydrogen-bond acceptors (Lipinski definition) is 15. The molecule has 0 saturated carbocycles. The predicted octanol–water partition coefficient (Wildman–Crippen LogP) is 9.07. The van der Waals surface area contributed by atoms with Crippen molar-refractivity contribution in [3.05, 3.63) is 154 Å². The largest absolute Gasteiger partial charge is 0.508 e. The lowest BCUT2D eigenvalue weighted by Crippen LogP contribution is -2.66. The van der Waals surface area contributed by atoms with E-state index in [0.717, 1.165) is 43.8 Å². The van der Waals surface area contributed by atoms with Crippen LogP contribution in [0.2, 0.25) is 5.04 Å². The van der Waals surface area contributed by atoms with Gasteiger partial charge in [-0.05, 0) is 70.0 Å². The van der Waals surface area contributed by atoms with Crippen LogP contribution in [0.1, 0.15) is 59.7 Å². The summed E-state index contributed by atoms with van der Waals surface area (Å²) < 4.78 is 72.1. The van der Waals surface area contributed by atoms with E-state index in [1.165, 1.54) is 6.07 Å². The van der Waals surface area contributed by atoms with E-state index in [0.29, 0.717) is 78.7 Å². The second-order valence-corrected chi connectivity index (χ2v) is 22.6. The summed E-state index contributed by atoms with van der Waals surface area (Å²) in [6.07, 6.45) is 0.848. The third-order valence-electron chi connectivity index (χ3n) is 12.5. The fourth-order valence-corrected chi connectivity index (χ4v) is 13.5.